The minimum absolute atomic E-state index is 0.548. The highest BCUT2D eigenvalue weighted by atomic mass is 32.2. The summed E-state index contributed by atoms with van der Waals surface area (Å²) in [6.07, 6.45) is 3.67. The Bertz CT molecular complexity index is 432. The lowest BCUT2D eigenvalue weighted by atomic mass is 10.0. The van der Waals surface area contributed by atoms with Crippen LogP contribution < -0.4 is 5.32 Å². The van der Waals surface area contributed by atoms with Crippen molar-refractivity contribution in [2.75, 3.05) is 51.3 Å². The first kappa shape index (κ1) is 16.5. The molecule has 1 fully saturated rings. The van der Waals surface area contributed by atoms with E-state index in [1.54, 1.807) is 18.1 Å². The molecule has 0 spiro atoms. The lowest BCUT2D eigenvalue weighted by Gasteiger charge is -2.40. The van der Waals surface area contributed by atoms with Gasteiger partial charge in [-0.3, -0.25) is 4.90 Å². The van der Waals surface area contributed by atoms with Gasteiger partial charge < -0.3 is 10.2 Å². The van der Waals surface area contributed by atoms with Crippen molar-refractivity contribution < 1.29 is 0 Å². The van der Waals surface area contributed by atoms with Crippen LogP contribution in [0.1, 0.15) is 13.8 Å². The van der Waals surface area contributed by atoms with Gasteiger partial charge in [-0.2, -0.15) is 0 Å². The average Bonchev–Trinajstić information content (AvgIpc) is 2.49. The molecule has 0 radical (unpaired) electrons. The smallest absolute Gasteiger partial charge is 0.130 e. The Kier molecular flexibility index (Phi) is 6.26. The van der Waals surface area contributed by atoms with Gasteiger partial charge in [0.25, 0.3) is 0 Å². The van der Waals surface area contributed by atoms with Crippen LogP contribution in [0.15, 0.2) is 17.4 Å². The van der Waals surface area contributed by atoms with Crippen LogP contribution in [0.3, 0.4) is 0 Å². The number of aromatic nitrogens is 2. The van der Waals surface area contributed by atoms with Crippen LogP contribution >= 0.6 is 11.8 Å². The molecular formula is C15H27N5S. The highest BCUT2D eigenvalue weighted by Crippen LogP contribution is 2.17. The summed E-state index contributed by atoms with van der Waals surface area (Å²) in [5.74, 6) is 1.55. The van der Waals surface area contributed by atoms with Gasteiger partial charge in [-0.25, -0.2) is 9.97 Å². The summed E-state index contributed by atoms with van der Waals surface area (Å²) in [4.78, 5) is 13.5. The third-order valence-electron chi connectivity index (χ3n) is 4.12. The van der Waals surface area contributed by atoms with Crippen molar-refractivity contribution in [1.29, 1.82) is 0 Å². The van der Waals surface area contributed by atoms with Gasteiger partial charge in [0, 0.05) is 44.8 Å². The van der Waals surface area contributed by atoms with Gasteiger partial charge in [0.1, 0.15) is 17.2 Å². The highest BCUT2D eigenvalue weighted by Gasteiger charge is 2.24. The number of thioether (sulfide) groups is 1. The lowest BCUT2D eigenvalue weighted by Crippen LogP contribution is -2.52. The van der Waals surface area contributed by atoms with E-state index in [4.69, 9.17) is 0 Å². The van der Waals surface area contributed by atoms with Gasteiger partial charge in [-0.05, 0) is 19.2 Å². The molecule has 1 aliphatic heterocycles. The van der Waals surface area contributed by atoms with Gasteiger partial charge >= 0.3 is 0 Å². The lowest BCUT2D eigenvalue weighted by molar-refractivity contribution is 0.0944. The Morgan fingerprint density at radius 1 is 1.24 bits per heavy atom. The number of rotatable bonds is 6. The van der Waals surface area contributed by atoms with Crippen LogP contribution in [-0.2, 0) is 0 Å². The number of nitrogens with zero attached hydrogens (tertiary/aromatic N) is 4. The van der Waals surface area contributed by atoms with E-state index in [0.717, 1.165) is 43.6 Å². The summed E-state index contributed by atoms with van der Waals surface area (Å²) in [5.41, 5.74) is 0. The first-order chi connectivity index (χ1) is 10.1. The summed E-state index contributed by atoms with van der Waals surface area (Å²) in [5, 5.41) is 4.50. The molecule has 1 atom stereocenters. The molecule has 1 aliphatic rings. The quantitative estimate of drug-likeness (QED) is 0.639. The maximum absolute atomic E-state index is 4.31. The predicted octanol–water partition coefficient (Wildman–Crippen LogP) is 1.88. The number of nitrogens with one attached hydrogen (secondary N) is 1. The highest BCUT2D eigenvalue weighted by molar-refractivity contribution is 7.98. The minimum Gasteiger partial charge on any atom is -0.368 e. The van der Waals surface area contributed by atoms with Gasteiger partial charge in [0.15, 0.2) is 0 Å². The number of hydrogen-bond donors (Lipinski definition) is 1. The number of piperazine rings is 1. The van der Waals surface area contributed by atoms with Crippen molar-refractivity contribution in [2.24, 2.45) is 5.92 Å². The van der Waals surface area contributed by atoms with Crippen molar-refractivity contribution in [3.63, 3.8) is 0 Å². The normalized spacial score (nSPS) is 18.9. The molecule has 6 heteroatoms. The molecule has 0 saturated carbocycles. The van der Waals surface area contributed by atoms with E-state index in [2.05, 4.69) is 46.0 Å². The van der Waals surface area contributed by atoms with Crippen LogP contribution in [0.2, 0.25) is 0 Å². The molecule has 1 unspecified atom stereocenters. The predicted molar refractivity (Wildman–Crippen MR) is 90.0 cm³/mol. The minimum atomic E-state index is 0.548. The molecule has 0 aliphatic carbocycles. The summed E-state index contributed by atoms with van der Waals surface area (Å²) >= 11 is 1.64. The molecule has 0 bridgehead atoms. The van der Waals surface area contributed by atoms with Gasteiger partial charge in [0.05, 0.1) is 0 Å². The fraction of sp³-hybridized carbons (Fsp3) is 0.733. The fourth-order valence-corrected chi connectivity index (χ4v) is 3.08. The van der Waals surface area contributed by atoms with Crippen LogP contribution in [-0.4, -0.2) is 71.8 Å². The van der Waals surface area contributed by atoms with Crippen LogP contribution in [0.4, 0.5) is 5.82 Å². The second-order valence-corrected chi connectivity index (χ2v) is 6.80. The largest absolute Gasteiger partial charge is 0.368 e. The second-order valence-electron chi connectivity index (χ2n) is 5.98. The van der Waals surface area contributed by atoms with E-state index < -0.39 is 0 Å². The molecule has 21 heavy (non-hydrogen) atoms. The molecule has 118 valence electrons. The van der Waals surface area contributed by atoms with E-state index in [1.165, 1.54) is 0 Å². The molecule has 0 amide bonds. The SMILES string of the molecule is CSc1cc(NCC(C(C)C)N2CCN(C)CC2)ncn1. The van der Waals surface area contributed by atoms with E-state index in [-0.39, 0.29) is 0 Å². The molecule has 1 aromatic heterocycles. The molecule has 1 saturated heterocycles. The second kappa shape index (κ2) is 7.96. The Balaban J connectivity index is 1.93. The van der Waals surface area contributed by atoms with Crippen molar-refractivity contribution in [1.82, 2.24) is 19.8 Å². The van der Waals surface area contributed by atoms with Gasteiger partial charge in [0.2, 0.25) is 0 Å². The van der Waals surface area contributed by atoms with Gasteiger partial charge in [-0.15, -0.1) is 11.8 Å². The summed E-state index contributed by atoms with van der Waals surface area (Å²) < 4.78 is 0. The zero-order chi connectivity index (χ0) is 15.2. The van der Waals surface area contributed by atoms with E-state index in [0.29, 0.717) is 12.0 Å². The van der Waals surface area contributed by atoms with Crippen molar-refractivity contribution >= 4 is 17.6 Å². The number of likely N-dealkylation sites (N-methyl/N-ethyl adjacent to an activating group) is 1. The Hall–Kier alpha value is -0.850. The summed E-state index contributed by atoms with van der Waals surface area (Å²) in [6.45, 7) is 10.2. The molecule has 1 aromatic rings. The number of anilines is 1. The Labute approximate surface area is 132 Å². The number of hydrogen-bond acceptors (Lipinski definition) is 6. The average molecular weight is 309 g/mol. The van der Waals surface area contributed by atoms with Crippen molar-refractivity contribution in [3.05, 3.63) is 12.4 Å². The summed E-state index contributed by atoms with van der Waals surface area (Å²) in [7, 11) is 2.20. The molecular weight excluding hydrogens is 282 g/mol. The third kappa shape index (κ3) is 4.83. The topological polar surface area (TPSA) is 44.3 Å². The van der Waals surface area contributed by atoms with Crippen LogP contribution in [0.25, 0.3) is 0 Å². The van der Waals surface area contributed by atoms with E-state index in [9.17, 15) is 0 Å². The first-order valence-corrected chi connectivity index (χ1v) is 8.85. The van der Waals surface area contributed by atoms with Crippen molar-refractivity contribution in [2.45, 2.75) is 24.9 Å². The Morgan fingerprint density at radius 2 is 1.95 bits per heavy atom. The van der Waals surface area contributed by atoms with E-state index in [1.807, 2.05) is 12.3 Å². The van der Waals surface area contributed by atoms with Gasteiger partial charge in [-0.1, -0.05) is 13.8 Å². The monoisotopic (exact) mass is 309 g/mol. The zero-order valence-electron chi connectivity index (χ0n) is 13.5. The molecule has 5 nitrogen and oxygen atoms in total. The molecule has 2 heterocycles. The molecule has 0 aromatic carbocycles. The Morgan fingerprint density at radius 3 is 2.57 bits per heavy atom. The molecule has 1 N–H and O–H groups in total. The summed E-state index contributed by atoms with van der Waals surface area (Å²) in [6, 6.07) is 2.57. The molecule has 2 rings (SSSR count). The maximum Gasteiger partial charge on any atom is 0.130 e. The van der Waals surface area contributed by atoms with Crippen LogP contribution in [0, 0.1) is 5.92 Å². The zero-order valence-corrected chi connectivity index (χ0v) is 14.4. The maximum atomic E-state index is 4.31. The standard InChI is InChI=1S/C15H27N5S/c1-12(2)13(20-7-5-19(3)6-8-20)10-16-14-9-15(21-4)18-11-17-14/h9,11-13H,5-8,10H2,1-4H3,(H,16,17,18). The fourth-order valence-electron chi connectivity index (χ4n) is 2.70. The van der Waals surface area contributed by atoms with E-state index >= 15 is 0 Å². The third-order valence-corrected chi connectivity index (χ3v) is 4.76. The first-order valence-electron chi connectivity index (χ1n) is 7.62. The van der Waals surface area contributed by atoms with Crippen LogP contribution in [0.5, 0.6) is 0 Å². The van der Waals surface area contributed by atoms with Crippen molar-refractivity contribution in [3.8, 4) is 0 Å².